The number of aryl methyl sites for hydroxylation is 1. The molecule has 0 heterocycles. The number of nitrogens with two attached hydrogens (primary N) is 1. The average Bonchev–Trinajstić information content (AvgIpc) is 2.07. The van der Waals surface area contributed by atoms with E-state index in [0.717, 1.165) is 5.69 Å². The number of hydrogen-bond acceptors (Lipinski definition) is 2. The van der Waals surface area contributed by atoms with E-state index in [4.69, 9.17) is 18.0 Å². The lowest BCUT2D eigenvalue weighted by Crippen LogP contribution is -2.20. The summed E-state index contributed by atoms with van der Waals surface area (Å²) in [7, 11) is 0. The fourth-order valence-electron chi connectivity index (χ4n) is 1.12. The molecular weight excluding hydrogens is 180 g/mol. The van der Waals surface area contributed by atoms with Gasteiger partial charge in [0.25, 0.3) is 0 Å². The molecule has 1 aromatic carbocycles. The van der Waals surface area contributed by atoms with Crippen molar-refractivity contribution >= 4 is 22.9 Å². The lowest BCUT2D eigenvalue weighted by molar-refractivity contribution is 1.29. The van der Waals surface area contributed by atoms with E-state index < -0.39 is 0 Å². The Balaban J connectivity index is 2.77. The van der Waals surface area contributed by atoms with Crippen LogP contribution in [0.2, 0.25) is 0 Å². The number of rotatable bonds is 3. The van der Waals surface area contributed by atoms with Crippen molar-refractivity contribution in [2.45, 2.75) is 13.8 Å². The van der Waals surface area contributed by atoms with Gasteiger partial charge in [0.1, 0.15) is 0 Å². The van der Waals surface area contributed by atoms with Gasteiger partial charge >= 0.3 is 0 Å². The van der Waals surface area contributed by atoms with Gasteiger partial charge < -0.3 is 11.1 Å². The normalized spacial score (nSPS) is 9.69. The summed E-state index contributed by atoms with van der Waals surface area (Å²) >= 11 is 4.79. The smallest absolute Gasteiger partial charge is 0.0921 e. The Kier molecular flexibility index (Phi) is 3.25. The molecule has 0 unspecified atom stereocenters. The lowest BCUT2D eigenvalue weighted by Gasteiger charge is -2.10. The highest BCUT2D eigenvalue weighted by Gasteiger charge is 1.99. The molecule has 2 nitrogen and oxygen atoms in total. The van der Waals surface area contributed by atoms with Crippen molar-refractivity contribution in [2.24, 2.45) is 5.73 Å². The Morgan fingerprint density at radius 1 is 1.46 bits per heavy atom. The van der Waals surface area contributed by atoms with Gasteiger partial charge in [0, 0.05) is 5.69 Å². The molecule has 0 aliphatic rings. The Bertz CT molecular complexity index is 321. The van der Waals surface area contributed by atoms with E-state index >= 15 is 0 Å². The van der Waals surface area contributed by atoms with Crippen LogP contribution < -0.4 is 11.1 Å². The van der Waals surface area contributed by atoms with Crippen molar-refractivity contribution in [1.82, 2.24) is 0 Å². The zero-order chi connectivity index (χ0) is 9.84. The number of benzene rings is 1. The van der Waals surface area contributed by atoms with Crippen molar-refractivity contribution in [2.75, 3.05) is 11.9 Å². The topological polar surface area (TPSA) is 38.0 Å². The second-order valence-electron chi connectivity index (χ2n) is 3.07. The molecule has 1 rings (SSSR count). The van der Waals surface area contributed by atoms with Crippen LogP contribution in [0.3, 0.4) is 0 Å². The molecule has 0 saturated heterocycles. The van der Waals surface area contributed by atoms with Crippen LogP contribution in [-0.2, 0) is 0 Å². The monoisotopic (exact) mass is 194 g/mol. The van der Waals surface area contributed by atoms with Gasteiger partial charge in [-0.1, -0.05) is 24.4 Å². The maximum Gasteiger partial charge on any atom is 0.0921 e. The van der Waals surface area contributed by atoms with Crippen molar-refractivity contribution in [3.63, 3.8) is 0 Å². The summed E-state index contributed by atoms with van der Waals surface area (Å²) in [6.07, 6.45) is 0. The van der Waals surface area contributed by atoms with Crippen molar-refractivity contribution < 1.29 is 0 Å². The van der Waals surface area contributed by atoms with E-state index in [0.29, 0.717) is 11.5 Å². The van der Waals surface area contributed by atoms with Gasteiger partial charge in [-0.15, -0.1) is 0 Å². The fourth-order valence-corrected chi connectivity index (χ4v) is 1.20. The van der Waals surface area contributed by atoms with Gasteiger partial charge in [-0.25, -0.2) is 0 Å². The summed E-state index contributed by atoms with van der Waals surface area (Å²) in [6, 6.07) is 6.13. The van der Waals surface area contributed by atoms with Crippen LogP contribution in [0.25, 0.3) is 0 Å². The lowest BCUT2D eigenvalue weighted by atomic mass is 10.1. The number of nitrogens with one attached hydrogen (secondary N) is 1. The first-order valence-corrected chi connectivity index (χ1v) is 4.60. The number of thiocarbonyl (C=S) groups is 1. The fraction of sp³-hybridized carbons (Fsp3) is 0.300. The Morgan fingerprint density at radius 2 is 2.15 bits per heavy atom. The quantitative estimate of drug-likeness (QED) is 0.723. The van der Waals surface area contributed by atoms with E-state index in [2.05, 4.69) is 25.2 Å². The summed E-state index contributed by atoms with van der Waals surface area (Å²) in [4.78, 5) is 0.487. The molecule has 3 heteroatoms. The van der Waals surface area contributed by atoms with Gasteiger partial charge in [-0.2, -0.15) is 0 Å². The SMILES string of the molecule is Cc1cccc(NCC(N)=S)c1C. The number of anilines is 1. The molecule has 70 valence electrons. The van der Waals surface area contributed by atoms with Gasteiger partial charge in [0.05, 0.1) is 11.5 Å². The van der Waals surface area contributed by atoms with Crippen molar-refractivity contribution in [3.8, 4) is 0 Å². The van der Waals surface area contributed by atoms with Crippen molar-refractivity contribution in [3.05, 3.63) is 29.3 Å². The summed E-state index contributed by atoms with van der Waals surface area (Å²) in [6.45, 7) is 4.72. The molecule has 1 aromatic rings. The van der Waals surface area contributed by atoms with Gasteiger partial charge in [-0.05, 0) is 31.0 Å². The Labute approximate surface area is 84.1 Å². The molecule has 13 heavy (non-hydrogen) atoms. The first-order valence-electron chi connectivity index (χ1n) is 4.19. The highest BCUT2D eigenvalue weighted by Crippen LogP contribution is 2.17. The third kappa shape index (κ3) is 2.70. The molecular formula is C10H14N2S. The van der Waals surface area contributed by atoms with Crippen LogP contribution in [0, 0.1) is 13.8 Å². The maximum atomic E-state index is 5.40. The molecule has 0 aliphatic carbocycles. The standard InChI is InChI=1S/C10H14N2S/c1-7-4-3-5-9(8(7)2)12-6-10(11)13/h3-5,12H,6H2,1-2H3,(H2,11,13). The summed E-state index contributed by atoms with van der Waals surface area (Å²) in [5.41, 5.74) is 9.02. The molecule has 0 fully saturated rings. The summed E-state index contributed by atoms with van der Waals surface area (Å²) < 4.78 is 0. The van der Waals surface area contributed by atoms with Gasteiger partial charge in [-0.3, -0.25) is 0 Å². The third-order valence-electron chi connectivity index (χ3n) is 2.06. The molecule has 0 aromatic heterocycles. The maximum absolute atomic E-state index is 5.40. The first-order chi connectivity index (χ1) is 6.11. The minimum absolute atomic E-state index is 0.487. The van der Waals surface area contributed by atoms with Crippen LogP contribution in [0.1, 0.15) is 11.1 Å². The zero-order valence-electron chi connectivity index (χ0n) is 7.92. The first kappa shape index (κ1) is 9.99. The van der Waals surface area contributed by atoms with Gasteiger partial charge in [0.15, 0.2) is 0 Å². The average molecular weight is 194 g/mol. The summed E-state index contributed by atoms with van der Waals surface area (Å²) in [5, 5.41) is 3.19. The molecule has 0 aliphatic heterocycles. The minimum Gasteiger partial charge on any atom is -0.392 e. The van der Waals surface area contributed by atoms with Crippen LogP contribution in [0.5, 0.6) is 0 Å². The zero-order valence-corrected chi connectivity index (χ0v) is 8.74. The van der Waals surface area contributed by atoms with Crippen LogP contribution in [0.4, 0.5) is 5.69 Å². The predicted molar refractivity (Wildman–Crippen MR) is 61.2 cm³/mol. The molecule has 3 N–H and O–H groups in total. The third-order valence-corrected chi connectivity index (χ3v) is 2.20. The van der Waals surface area contributed by atoms with E-state index in [1.807, 2.05) is 12.1 Å². The molecule has 0 bridgehead atoms. The second kappa shape index (κ2) is 4.23. The van der Waals surface area contributed by atoms with E-state index in [1.165, 1.54) is 11.1 Å². The van der Waals surface area contributed by atoms with E-state index in [-0.39, 0.29) is 0 Å². The van der Waals surface area contributed by atoms with Crippen LogP contribution in [0.15, 0.2) is 18.2 Å². The molecule has 0 atom stereocenters. The highest BCUT2D eigenvalue weighted by molar-refractivity contribution is 7.80. The molecule has 0 amide bonds. The molecule has 0 saturated carbocycles. The summed E-state index contributed by atoms with van der Waals surface area (Å²) in [5.74, 6) is 0. The predicted octanol–water partition coefficient (Wildman–Crippen LogP) is 2.00. The molecule has 0 radical (unpaired) electrons. The van der Waals surface area contributed by atoms with Crippen molar-refractivity contribution in [1.29, 1.82) is 0 Å². The largest absolute Gasteiger partial charge is 0.392 e. The Morgan fingerprint density at radius 3 is 2.77 bits per heavy atom. The minimum atomic E-state index is 0.487. The highest BCUT2D eigenvalue weighted by atomic mass is 32.1. The molecule has 0 spiro atoms. The second-order valence-corrected chi connectivity index (χ2v) is 3.59. The van der Waals surface area contributed by atoms with Crippen LogP contribution in [-0.4, -0.2) is 11.5 Å². The van der Waals surface area contributed by atoms with Crippen LogP contribution >= 0.6 is 12.2 Å². The van der Waals surface area contributed by atoms with E-state index in [1.54, 1.807) is 0 Å². The number of hydrogen-bond donors (Lipinski definition) is 2. The van der Waals surface area contributed by atoms with E-state index in [9.17, 15) is 0 Å². The Hall–Kier alpha value is -1.09. The van der Waals surface area contributed by atoms with Gasteiger partial charge in [0.2, 0.25) is 0 Å².